The largest absolute Gasteiger partial charge is 0.416 e. The molecule has 0 spiro atoms. The molecule has 4 aromatic rings. The van der Waals surface area contributed by atoms with Gasteiger partial charge in [0.1, 0.15) is 18.5 Å². The van der Waals surface area contributed by atoms with Crippen LogP contribution in [0.25, 0.3) is 5.82 Å². The number of rotatable bonds is 8. The summed E-state index contributed by atoms with van der Waals surface area (Å²) < 4.78 is 43.4. The summed E-state index contributed by atoms with van der Waals surface area (Å²) in [6.45, 7) is 5.06. The molecular formula is C28H32F3N11O. The van der Waals surface area contributed by atoms with Gasteiger partial charge in [-0.1, -0.05) is 12.1 Å². The van der Waals surface area contributed by atoms with Crippen LogP contribution in [0.3, 0.4) is 0 Å². The van der Waals surface area contributed by atoms with Crippen LogP contribution in [0.15, 0.2) is 55.1 Å². The zero-order chi connectivity index (χ0) is 30.6. The van der Waals surface area contributed by atoms with Crippen LogP contribution in [0.4, 0.5) is 46.8 Å². The Bertz CT molecular complexity index is 1580. The summed E-state index contributed by atoms with van der Waals surface area (Å²) in [4.78, 5) is 29.6. The lowest BCUT2D eigenvalue weighted by Gasteiger charge is -2.33. The number of anilines is 5. The highest BCUT2D eigenvalue weighted by atomic mass is 19.4. The third-order valence-electron chi connectivity index (χ3n) is 7.08. The Morgan fingerprint density at radius 2 is 1.65 bits per heavy atom. The second-order valence-corrected chi connectivity index (χ2v) is 10.2. The molecule has 0 aliphatic carbocycles. The zero-order valence-electron chi connectivity index (χ0n) is 23.9. The van der Waals surface area contributed by atoms with Crippen LogP contribution in [0.5, 0.6) is 0 Å². The number of nitrogens with one attached hydrogen (secondary N) is 4. The van der Waals surface area contributed by atoms with E-state index >= 15 is 0 Å². The molecule has 15 heteroatoms. The Hall–Kier alpha value is -4.76. The molecule has 1 fully saturated rings. The summed E-state index contributed by atoms with van der Waals surface area (Å²) >= 11 is 0. The normalized spacial score (nSPS) is 14.4. The lowest BCUT2D eigenvalue weighted by Crippen LogP contribution is -2.44. The maximum atomic E-state index is 14.0. The summed E-state index contributed by atoms with van der Waals surface area (Å²) in [5, 5.41) is 15.6. The summed E-state index contributed by atoms with van der Waals surface area (Å²) in [6.07, 6.45) is -1.78. The van der Waals surface area contributed by atoms with Crippen LogP contribution in [0, 0.1) is 6.92 Å². The number of halogens is 3. The van der Waals surface area contributed by atoms with E-state index in [0.29, 0.717) is 42.0 Å². The maximum Gasteiger partial charge on any atom is 0.416 e. The average molecular weight is 596 g/mol. The first-order valence-corrected chi connectivity index (χ1v) is 13.6. The molecule has 0 unspecified atom stereocenters. The van der Waals surface area contributed by atoms with Crippen molar-refractivity contribution in [3.8, 4) is 5.82 Å². The number of alkyl halides is 3. The van der Waals surface area contributed by atoms with Crippen molar-refractivity contribution < 1.29 is 18.0 Å². The Labute approximate surface area is 246 Å². The third-order valence-corrected chi connectivity index (χ3v) is 7.08. The fourth-order valence-electron chi connectivity index (χ4n) is 4.65. The van der Waals surface area contributed by atoms with E-state index < -0.39 is 17.8 Å². The highest BCUT2D eigenvalue weighted by molar-refractivity contribution is 6.00. The molecule has 226 valence electrons. The fourth-order valence-corrected chi connectivity index (χ4v) is 4.65. The van der Waals surface area contributed by atoms with Gasteiger partial charge in [0, 0.05) is 62.9 Å². The number of benzene rings is 2. The van der Waals surface area contributed by atoms with Gasteiger partial charge < -0.3 is 26.2 Å². The number of likely N-dealkylation sites (N-methyl/N-ethyl adjacent to an activating group) is 1. The lowest BCUT2D eigenvalue weighted by molar-refractivity contribution is -0.138. The predicted molar refractivity (Wildman–Crippen MR) is 158 cm³/mol. The number of aromatic nitrogens is 5. The molecule has 1 aliphatic rings. The second kappa shape index (κ2) is 12.6. The van der Waals surface area contributed by atoms with Gasteiger partial charge >= 0.3 is 12.2 Å². The molecule has 0 radical (unpaired) electrons. The molecule has 1 saturated heterocycles. The number of aryl methyl sites for hydroxylation is 1. The Morgan fingerprint density at radius 1 is 0.930 bits per heavy atom. The van der Waals surface area contributed by atoms with Crippen molar-refractivity contribution in [3.05, 3.63) is 71.8 Å². The molecule has 0 saturated carbocycles. The first kappa shape index (κ1) is 29.7. The minimum absolute atomic E-state index is 0.0382. The van der Waals surface area contributed by atoms with Crippen LogP contribution in [-0.4, -0.2) is 80.8 Å². The van der Waals surface area contributed by atoms with Gasteiger partial charge in [-0.3, -0.25) is 4.90 Å². The zero-order valence-corrected chi connectivity index (χ0v) is 23.9. The molecule has 43 heavy (non-hydrogen) atoms. The fraction of sp³-hybridized carbons (Fsp3) is 0.321. The maximum absolute atomic E-state index is 14.0. The lowest BCUT2D eigenvalue weighted by atomic mass is 10.0. The van der Waals surface area contributed by atoms with Crippen molar-refractivity contribution >= 4 is 34.9 Å². The van der Waals surface area contributed by atoms with Gasteiger partial charge in [0.25, 0.3) is 0 Å². The van der Waals surface area contributed by atoms with Gasteiger partial charge in [-0.2, -0.15) is 27.9 Å². The first-order valence-electron chi connectivity index (χ1n) is 13.6. The minimum Gasteiger partial charge on any atom is -0.373 e. The van der Waals surface area contributed by atoms with E-state index in [2.05, 4.69) is 46.2 Å². The topological polar surface area (TPSA) is 128 Å². The van der Waals surface area contributed by atoms with Crippen LogP contribution >= 0.6 is 0 Å². The summed E-state index contributed by atoms with van der Waals surface area (Å²) in [7, 11) is 3.73. The number of carbonyl (C=O) groups is 1. The van der Waals surface area contributed by atoms with Gasteiger partial charge in [0.05, 0.1) is 5.56 Å². The minimum atomic E-state index is -4.56. The molecule has 1 aliphatic heterocycles. The first-order chi connectivity index (χ1) is 20.6. The molecule has 0 atom stereocenters. The smallest absolute Gasteiger partial charge is 0.373 e. The number of carbonyl (C=O) groups excluding carboxylic acids is 1. The van der Waals surface area contributed by atoms with Crippen molar-refractivity contribution in [1.82, 2.24) is 34.5 Å². The van der Waals surface area contributed by atoms with Gasteiger partial charge in [0.2, 0.25) is 5.95 Å². The van der Waals surface area contributed by atoms with Crippen molar-refractivity contribution in [2.45, 2.75) is 19.6 Å². The molecule has 4 N–H and O–H groups in total. The summed E-state index contributed by atoms with van der Waals surface area (Å²) in [6, 6.07) is 10.1. The van der Waals surface area contributed by atoms with Crippen molar-refractivity contribution in [2.75, 3.05) is 61.5 Å². The molecule has 5 rings (SSSR count). The SMILES string of the molecule is CNc1cc(-n2ncnc2Nc2cc(NC(=O)Nc3ccc(CN4CCN(C)CC4)c(C(F)(F)F)c3)ccc2C)ncn1. The van der Waals surface area contributed by atoms with E-state index in [9.17, 15) is 18.0 Å². The number of hydrogen-bond acceptors (Lipinski definition) is 9. The molecule has 2 aromatic carbocycles. The van der Waals surface area contributed by atoms with E-state index in [4.69, 9.17) is 0 Å². The van der Waals surface area contributed by atoms with Crippen molar-refractivity contribution in [1.29, 1.82) is 0 Å². The van der Waals surface area contributed by atoms with Gasteiger partial charge in [-0.05, 0) is 49.4 Å². The Balaban J connectivity index is 1.28. The van der Waals surface area contributed by atoms with Crippen molar-refractivity contribution in [2.24, 2.45) is 0 Å². The molecule has 3 heterocycles. The monoisotopic (exact) mass is 595 g/mol. The molecule has 12 nitrogen and oxygen atoms in total. The molecule has 2 amide bonds. The van der Waals surface area contributed by atoms with E-state index in [1.165, 1.54) is 29.5 Å². The Kier molecular flexibility index (Phi) is 8.73. The molecule has 2 aromatic heterocycles. The standard InChI is InChI=1S/C28H32F3N11O/c1-18-4-6-21(13-23(18)39-26-35-17-36-42(26)25-14-24(32-2)33-16-34-25)38-27(43)37-20-7-5-19(22(12-20)28(29,30)31)15-41-10-8-40(3)9-11-41/h4-7,12-14,16-17H,8-11,15H2,1-3H3,(H,32,33,34)(H,35,36,39)(H2,37,38,43). The number of nitrogens with zero attached hydrogens (tertiary/aromatic N) is 7. The average Bonchev–Trinajstić information content (AvgIpc) is 3.44. The number of piperazine rings is 1. The predicted octanol–water partition coefficient (Wildman–Crippen LogP) is 4.56. The van der Waals surface area contributed by atoms with E-state index in [1.807, 2.05) is 18.9 Å². The second-order valence-electron chi connectivity index (χ2n) is 10.2. The molecule has 0 bridgehead atoms. The van der Waals surface area contributed by atoms with Crippen LogP contribution in [-0.2, 0) is 12.7 Å². The Morgan fingerprint density at radius 3 is 2.37 bits per heavy atom. The van der Waals surface area contributed by atoms with Crippen LogP contribution < -0.4 is 21.3 Å². The quantitative estimate of drug-likeness (QED) is 0.232. The van der Waals surface area contributed by atoms with Gasteiger partial charge in [-0.25, -0.2) is 14.8 Å². The summed E-state index contributed by atoms with van der Waals surface area (Å²) in [5.41, 5.74) is 1.34. The highest BCUT2D eigenvalue weighted by Gasteiger charge is 2.34. The van der Waals surface area contributed by atoms with E-state index in [1.54, 1.807) is 31.3 Å². The van der Waals surface area contributed by atoms with Crippen LogP contribution in [0.1, 0.15) is 16.7 Å². The number of hydrogen-bond donors (Lipinski definition) is 4. The van der Waals surface area contributed by atoms with E-state index in [-0.39, 0.29) is 17.8 Å². The van der Waals surface area contributed by atoms with Crippen LogP contribution in [0.2, 0.25) is 0 Å². The van der Waals surface area contributed by atoms with E-state index in [0.717, 1.165) is 24.7 Å². The van der Waals surface area contributed by atoms with Gasteiger partial charge in [-0.15, -0.1) is 0 Å². The highest BCUT2D eigenvalue weighted by Crippen LogP contribution is 2.35. The summed E-state index contributed by atoms with van der Waals surface area (Å²) in [5.74, 6) is 1.46. The number of amides is 2. The van der Waals surface area contributed by atoms with Gasteiger partial charge in [0.15, 0.2) is 5.82 Å². The number of urea groups is 1. The molecular weight excluding hydrogens is 563 g/mol. The van der Waals surface area contributed by atoms with Crippen molar-refractivity contribution in [3.63, 3.8) is 0 Å². The third kappa shape index (κ3) is 7.37.